The van der Waals surface area contributed by atoms with E-state index >= 15 is 0 Å². The van der Waals surface area contributed by atoms with E-state index in [9.17, 15) is 9.59 Å². The van der Waals surface area contributed by atoms with Crippen molar-refractivity contribution in [1.29, 1.82) is 0 Å². The number of para-hydroxylation sites is 2. The number of benzene rings is 2. The van der Waals surface area contributed by atoms with Crippen LogP contribution in [-0.4, -0.2) is 72.0 Å². The zero-order chi connectivity index (χ0) is 21.8. The molecule has 1 fully saturated rings. The Bertz CT molecular complexity index is 1050. The van der Waals surface area contributed by atoms with Crippen LogP contribution >= 0.6 is 0 Å². The monoisotopic (exact) mass is 422 g/mol. The van der Waals surface area contributed by atoms with Gasteiger partial charge in [-0.25, -0.2) is 4.98 Å². The first-order valence-corrected chi connectivity index (χ1v) is 10.3. The molecule has 8 heteroatoms. The van der Waals surface area contributed by atoms with Gasteiger partial charge in [0.25, 0.3) is 5.91 Å². The number of nitrogens with zero attached hydrogens (tertiary/aromatic N) is 3. The molecule has 1 aliphatic rings. The van der Waals surface area contributed by atoms with Gasteiger partial charge >= 0.3 is 0 Å². The maximum atomic E-state index is 12.9. The Kier molecular flexibility index (Phi) is 6.06. The van der Waals surface area contributed by atoms with Crippen molar-refractivity contribution in [2.24, 2.45) is 0 Å². The number of aromatic nitrogens is 2. The van der Waals surface area contributed by atoms with Gasteiger partial charge in [0.15, 0.2) is 11.5 Å². The number of aryl methyl sites for hydroxylation is 1. The summed E-state index contributed by atoms with van der Waals surface area (Å²) in [6, 6.07) is 13.0. The fourth-order valence-electron chi connectivity index (χ4n) is 3.82. The molecule has 31 heavy (non-hydrogen) atoms. The molecule has 0 saturated carbocycles. The number of methoxy groups -OCH3 is 2. The van der Waals surface area contributed by atoms with Gasteiger partial charge in [0.1, 0.15) is 5.82 Å². The van der Waals surface area contributed by atoms with Crippen LogP contribution in [-0.2, 0) is 11.2 Å². The van der Waals surface area contributed by atoms with Crippen LogP contribution in [0.2, 0.25) is 0 Å². The van der Waals surface area contributed by atoms with Crippen LogP contribution in [0.5, 0.6) is 11.5 Å². The number of rotatable bonds is 6. The number of hydrogen-bond acceptors (Lipinski definition) is 5. The van der Waals surface area contributed by atoms with Crippen molar-refractivity contribution in [1.82, 2.24) is 19.8 Å². The number of aromatic amines is 1. The number of piperazine rings is 1. The molecule has 4 rings (SSSR count). The van der Waals surface area contributed by atoms with Crippen LogP contribution in [0.4, 0.5) is 0 Å². The van der Waals surface area contributed by atoms with E-state index in [1.54, 1.807) is 37.3 Å². The first-order chi connectivity index (χ1) is 15.1. The Morgan fingerprint density at radius 1 is 0.968 bits per heavy atom. The second-order valence-corrected chi connectivity index (χ2v) is 7.44. The van der Waals surface area contributed by atoms with Gasteiger partial charge in [-0.3, -0.25) is 9.59 Å². The summed E-state index contributed by atoms with van der Waals surface area (Å²) in [5, 5.41) is 0. The summed E-state index contributed by atoms with van der Waals surface area (Å²) < 4.78 is 10.5. The normalized spacial score (nSPS) is 14.0. The van der Waals surface area contributed by atoms with E-state index in [2.05, 4.69) is 9.97 Å². The standard InChI is InChI=1S/C23H26N4O4/c1-30-19-8-7-16(15-20(19)31-2)23(29)27-13-11-26(12-14-27)22(28)10-9-21-24-17-5-3-4-6-18(17)25-21/h3-8,15H,9-14H2,1-2H3,(H,24,25). The van der Waals surface area contributed by atoms with Crippen molar-refractivity contribution < 1.29 is 19.1 Å². The Morgan fingerprint density at radius 3 is 2.39 bits per heavy atom. The number of hydrogen-bond donors (Lipinski definition) is 1. The van der Waals surface area contributed by atoms with E-state index in [4.69, 9.17) is 9.47 Å². The predicted molar refractivity (Wildman–Crippen MR) is 116 cm³/mol. The van der Waals surface area contributed by atoms with Gasteiger partial charge in [-0.15, -0.1) is 0 Å². The first-order valence-electron chi connectivity index (χ1n) is 10.3. The molecule has 8 nitrogen and oxygen atoms in total. The van der Waals surface area contributed by atoms with Crippen molar-refractivity contribution in [3.63, 3.8) is 0 Å². The van der Waals surface area contributed by atoms with Gasteiger partial charge in [0, 0.05) is 44.6 Å². The fourth-order valence-corrected chi connectivity index (χ4v) is 3.82. The minimum absolute atomic E-state index is 0.0738. The molecule has 2 aromatic carbocycles. The molecule has 0 aliphatic carbocycles. The summed E-state index contributed by atoms with van der Waals surface area (Å²) in [7, 11) is 3.10. The summed E-state index contributed by atoms with van der Waals surface area (Å²) in [5.41, 5.74) is 2.43. The van der Waals surface area contributed by atoms with E-state index in [0.717, 1.165) is 16.9 Å². The molecule has 2 amide bonds. The van der Waals surface area contributed by atoms with Crippen molar-refractivity contribution in [3.8, 4) is 11.5 Å². The average molecular weight is 422 g/mol. The highest BCUT2D eigenvalue weighted by atomic mass is 16.5. The summed E-state index contributed by atoms with van der Waals surface area (Å²) in [6.45, 7) is 2.06. The molecule has 0 unspecified atom stereocenters. The van der Waals surface area contributed by atoms with Crippen LogP contribution in [0.15, 0.2) is 42.5 Å². The molecule has 0 radical (unpaired) electrons. The molecule has 0 bridgehead atoms. The molecule has 1 N–H and O–H groups in total. The minimum atomic E-state index is -0.0738. The molecule has 2 heterocycles. The molecule has 1 aliphatic heterocycles. The van der Waals surface area contributed by atoms with E-state index in [1.165, 1.54) is 0 Å². The lowest BCUT2D eigenvalue weighted by Crippen LogP contribution is -2.50. The van der Waals surface area contributed by atoms with Crippen LogP contribution in [0, 0.1) is 0 Å². The molecular formula is C23H26N4O4. The highest BCUT2D eigenvalue weighted by Gasteiger charge is 2.25. The first kappa shape index (κ1) is 20.7. The van der Waals surface area contributed by atoms with Crippen LogP contribution in [0.3, 0.4) is 0 Å². The van der Waals surface area contributed by atoms with Crippen LogP contribution in [0.1, 0.15) is 22.6 Å². The quantitative estimate of drug-likeness (QED) is 0.660. The van der Waals surface area contributed by atoms with E-state index in [-0.39, 0.29) is 11.8 Å². The van der Waals surface area contributed by atoms with Crippen molar-refractivity contribution in [2.45, 2.75) is 12.8 Å². The number of nitrogens with one attached hydrogen (secondary N) is 1. The zero-order valence-electron chi connectivity index (χ0n) is 17.8. The lowest BCUT2D eigenvalue weighted by atomic mass is 10.1. The molecule has 1 aromatic heterocycles. The number of fused-ring (bicyclic) bond motifs is 1. The van der Waals surface area contributed by atoms with Crippen LogP contribution in [0.25, 0.3) is 11.0 Å². The SMILES string of the molecule is COc1ccc(C(=O)N2CCN(C(=O)CCc3nc4ccccc4[nH]3)CC2)cc1OC. The van der Waals surface area contributed by atoms with Gasteiger partial charge in [0.05, 0.1) is 25.3 Å². The van der Waals surface area contributed by atoms with Crippen molar-refractivity contribution in [3.05, 3.63) is 53.9 Å². The maximum absolute atomic E-state index is 12.9. The molecular weight excluding hydrogens is 396 g/mol. The van der Waals surface area contributed by atoms with E-state index in [1.807, 2.05) is 29.2 Å². The third-order valence-corrected chi connectivity index (χ3v) is 5.56. The number of imidazole rings is 1. The third-order valence-electron chi connectivity index (χ3n) is 5.56. The summed E-state index contributed by atoms with van der Waals surface area (Å²) >= 11 is 0. The van der Waals surface area contributed by atoms with Gasteiger partial charge in [-0.05, 0) is 30.3 Å². The number of carbonyl (C=O) groups is 2. The Morgan fingerprint density at radius 2 is 1.68 bits per heavy atom. The zero-order valence-corrected chi connectivity index (χ0v) is 17.8. The lowest BCUT2D eigenvalue weighted by molar-refractivity contribution is -0.132. The Hall–Kier alpha value is -3.55. The topological polar surface area (TPSA) is 87.8 Å². The van der Waals surface area contributed by atoms with Gasteiger partial charge in [-0.1, -0.05) is 12.1 Å². The average Bonchev–Trinajstić information content (AvgIpc) is 3.24. The smallest absolute Gasteiger partial charge is 0.254 e. The fraction of sp³-hybridized carbons (Fsp3) is 0.348. The number of amides is 2. The van der Waals surface area contributed by atoms with E-state index < -0.39 is 0 Å². The van der Waals surface area contributed by atoms with Gasteiger partial charge in [0.2, 0.25) is 5.91 Å². The number of carbonyl (C=O) groups excluding carboxylic acids is 2. The summed E-state index contributed by atoms with van der Waals surface area (Å²) in [6.07, 6.45) is 0.960. The summed E-state index contributed by atoms with van der Waals surface area (Å²) in [5.74, 6) is 1.93. The summed E-state index contributed by atoms with van der Waals surface area (Å²) in [4.78, 5) is 36.9. The second-order valence-electron chi connectivity index (χ2n) is 7.44. The Balaban J connectivity index is 1.30. The second kappa shape index (κ2) is 9.07. The highest BCUT2D eigenvalue weighted by Crippen LogP contribution is 2.28. The Labute approximate surface area is 180 Å². The molecule has 1 saturated heterocycles. The molecule has 3 aromatic rings. The predicted octanol–water partition coefficient (Wildman–Crippen LogP) is 2.50. The van der Waals surface area contributed by atoms with E-state index in [0.29, 0.717) is 56.1 Å². The molecule has 0 atom stereocenters. The lowest BCUT2D eigenvalue weighted by Gasteiger charge is -2.35. The van der Waals surface area contributed by atoms with Crippen LogP contribution < -0.4 is 9.47 Å². The molecule has 0 spiro atoms. The number of H-pyrrole nitrogens is 1. The third kappa shape index (κ3) is 4.47. The van der Waals surface area contributed by atoms with Crippen molar-refractivity contribution in [2.75, 3.05) is 40.4 Å². The van der Waals surface area contributed by atoms with Crippen molar-refractivity contribution >= 4 is 22.8 Å². The number of ether oxygens (including phenoxy) is 2. The van der Waals surface area contributed by atoms with Gasteiger partial charge in [-0.2, -0.15) is 0 Å². The highest BCUT2D eigenvalue weighted by molar-refractivity contribution is 5.95. The maximum Gasteiger partial charge on any atom is 0.254 e. The van der Waals surface area contributed by atoms with Gasteiger partial charge < -0.3 is 24.3 Å². The largest absolute Gasteiger partial charge is 0.493 e. The minimum Gasteiger partial charge on any atom is -0.493 e. The molecule has 162 valence electrons.